The first-order chi connectivity index (χ1) is 8.46. The van der Waals surface area contributed by atoms with Gasteiger partial charge in [-0.3, -0.25) is 4.79 Å². The summed E-state index contributed by atoms with van der Waals surface area (Å²) >= 11 is 0. The average Bonchev–Trinajstić information content (AvgIpc) is 2.84. The zero-order chi connectivity index (χ0) is 13.8. The first-order valence-electron chi connectivity index (χ1n) is 6.75. The molecule has 0 spiro atoms. The maximum atomic E-state index is 12.3. The van der Waals surface area contributed by atoms with E-state index in [1.807, 2.05) is 20.8 Å². The van der Waals surface area contributed by atoms with Crippen LogP contribution >= 0.6 is 0 Å². The van der Waals surface area contributed by atoms with Gasteiger partial charge in [-0.15, -0.1) is 0 Å². The van der Waals surface area contributed by atoms with Gasteiger partial charge in [0.2, 0.25) is 5.91 Å². The molecule has 1 heterocycles. The SMILES string of the molecule is CCC(C)C(NC(=O)C1(CC)CCCN1)C(=O)O. The summed E-state index contributed by atoms with van der Waals surface area (Å²) < 4.78 is 0. The third-order valence-corrected chi connectivity index (χ3v) is 4.05. The minimum Gasteiger partial charge on any atom is -0.480 e. The lowest BCUT2D eigenvalue weighted by Gasteiger charge is -2.30. The third kappa shape index (κ3) is 3.02. The largest absolute Gasteiger partial charge is 0.480 e. The molecule has 0 aromatic heterocycles. The van der Waals surface area contributed by atoms with Gasteiger partial charge in [-0.1, -0.05) is 27.2 Å². The van der Waals surface area contributed by atoms with E-state index in [1.54, 1.807) is 0 Å². The number of aliphatic carboxylic acids is 1. The highest BCUT2D eigenvalue weighted by molar-refractivity contribution is 5.90. The Morgan fingerprint density at radius 1 is 1.44 bits per heavy atom. The number of carboxylic acids is 1. The number of rotatable bonds is 6. The Morgan fingerprint density at radius 2 is 2.11 bits per heavy atom. The van der Waals surface area contributed by atoms with Gasteiger partial charge in [0.25, 0.3) is 0 Å². The fourth-order valence-electron chi connectivity index (χ4n) is 2.42. The molecule has 1 fully saturated rings. The molecule has 3 N–H and O–H groups in total. The molecule has 1 aliphatic heterocycles. The molecule has 0 aromatic carbocycles. The Hall–Kier alpha value is -1.10. The van der Waals surface area contributed by atoms with Crippen LogP contribution in [-0.2, 0) is 9.59 Å². The Balaban J connectivity index is 2.74. The van der Waals surface area contributed by atoms with Gasteiger partial charge in [0.15, 0.2) is 0 Å². The Morgan fingerprint density at radius 3 is 2.50 bits per heavy atom. The van der Waals surface area contributed by atoms with Crippen LogP contribution in [0.1, 0.15) is 46.5 Å². The van der Waals surface area contributed by atoms with Gasteiger partial charge in [-0.2, -0.15) is 0 Å². The summed E-state index contributed by atoms with van der Waals surface area (Å²) in [5.41, 5.74) is -0.568. The second kappa shape index (κ2) is 6.18. The monoisotopic (exact) mass is 256 g/mol. The number of amides is 1. The molecule has 3 atom stereocenters. The topological polar surface area (TPSA) is 78.4 Å². The highest BCUT2D eigenvalue weighted by atomic mass is 16.4. The molecule has 0 saturated carbocycles. The van der Waals surface area contributed by atoms with Crippen molar-refractivity contribution in [1.82, 2.24) is 10.6 Å². The van der Waals surface area contributed by atoms with Gasteiger partial charge >= 0.3 is 5.97 Å². The van der Waals surface area contributed by atoms with Gasteiger partial charge in [-0.05, 0) is 31.7 Å². The van der Waals surface area contributed by atoms with Gasteiger partial charge in [0.05, 0.1) is 5.54 Å². The normalized spacial score (nSPS) is 26.6. The molecule has 0 bridgehead atoms. The van der Waals surface area contributed by atoms with Crippen LogP contribution in [0.3, 0.4) is 0 Å². The van der Waals surface area contributed by atoms with Crippen LogP contribution in [0.5, 0.6) is 0 Å². The Bertz CT molecular complexity index is 311. The minimum absolute atomic E-state index is 0.0678. The van der Waals surface area contributed by atoms with E-state index in [-0.39, 0.29) is 11.8 Å². The molecular weight excluding hydrogens is 232 g/mol. The maximum Gasteiger partial charge on any atom is 0.326 e. The lowest BCUT2D eigenvalue weighted by molar-refractivity contribution is -0.144. The van der Waals surface area contributed by atoms with Crippen LogP contribution in [0, 0.1) is 5.92 Å². The Labute approximate surface area is 108 Å². The standard InChI is InChI=1S/C13H24N2O3/c1-4-9(3)10(11(16)17)15-12(18)13(5-2)7-6-8-14-13/h9-10,14H,4-8H2,1-3H3,(H,15,18)(H,16,17). The molecule has 0 aliphatic carbocycles. The van der Waals surface area contributed by atoms with Crippen molar-refractivity contribution in [3.05, 3.63) is 0 Å². The van der Waals surface area contributed by atoms with Crippen molar-refractivity contribution in [2.45, 2.75) is 58.0 Å². The summed E-state index contributed by atoms with van der Waals surface area (Å²) in [6.07, 6.45) is 3.15. The molecule has 1 amide bonds. The van der Waals surface area contributed by atoms with Crippen molar-refractivity contribution >= 4 is 11.9 Å². The molecule has 5 heteroatoms. The van der Waals surface area contributed by atoms with Crippen molar-refractivity contribution in [2.75, 3.05) is 6.54 Å². The molecule has 1 saturated heterocycles. The van der Waals surface area contributed by atoms with E-state index < -0.39 is 17.6 Å². The van der Waals surface area contributed by atoms with Crippen molar-refractivity contribution < 1.29 is 14.7 Å². The van der Waals surface area contributed by atoms with Crippen LogP contribution in [0.4, 0.5) is 0 Å². The first-order valence-corrected chi connectivity index (χ1v) is 6.75. The number of carbonyl (C=O) groups is 2. The van der Waals surface area contributed by atoms with E-state index in [1.165, 1.54) is 0 Å². The van der Waals surface area contributed by atoms with Gasteiger partial charge in [-0.25, -0.2) is 4.79 Å². The van der Waals surface area contributed by atoms with E-state index >= 15 is 0 Å². The molecule has 1 rings (SSSR count). The predicted octanol–water partition coefficient (Wildman–Crippen LogP) is 1.13. The summed E-state index contributed by atoms with van der Waals surface area (Å²) in [4.78, 5) is 23.5. The number of nitrogens with one attached hydrogen (secondary N) is 2. The van der Waals surface area contributed by atoms with Gasteiger partial charge in [0.1, 0.15) is 6.04 Å². The van der Waals surface area contributed by atoms with E-state index in [2.05, 4.69) is 10.6 Å². The zero-order valence-corrected chi connectivity index (χ0v) is 11.5. The molecule has 104 valence electrons. The number of hydrogen-bond acceptors (Lipinski definition) is 3. The Kier molecular flexibility index (Phi) is 5.14. The number of hydrogen-bond donors (Lipinski definition) is 3. The van der Waals surface area contributed by atoms with Crippen molar-refractivity contribution in [3.8, 4) is 0 Å². The molecule has 18 heavy (non-hydrogen) atoms. The quantitative estimate of drug-likeness (QED) is 0.666. The van der Waals surface area contributed by atoms with Crippen LogP contribution in [0.25, 0.3) is 0 Å². The zero-order valence-electron chi connectivity index (χ0n) is 11.5. The lowest BCUT2D eigenvalue weighted by Crippen LogP contribution is -2.58. The molecule has 1 aliphatic rings. The lowest BCUT2D eigenvalue weighted by atomic mass is 9.91. The van der Waals surface area contributed by atoms with E-state index in [4.69, 9.17) is 0 Å². The highest BCUT2D eigenvalue weighted by Gasteiger charge is 2.41. The fourth-order valence-corrected chi connectivity index (χ4v) is 2.42. The third-order valence-electron chi connectivity index (χ3n) is 4.05. The van der Waals surface area contributed by atoms with E-state index in [0.717, 1.165) is 25.8 Å². The van der Waals surface area contributed by atoms with Crippen LogP contribution in [0.15, 0.2) is 0 Å². The van der Waals surface area contributed by atoms with E-state index in [9.17, 15) is 14.7 Å². The summed E-state index contributed by atoms with van der Waals surface area (Å²) in [6, 6.07) is -0.798. The molecular formula is C13H24N2O3. The molecule has 0 radical (unpaired) electrons. The summed E-state index contributed by atoms with van der Waals surface area (Å²) in [7, 11) is 0. The summed E-state index contributed by atoms with van der Waals surface area (Å²) in [5.74, 6) is -1.20. The highest BCUT2D eigenvalue weighted by Crippen LogP contribution is 2.23. The van der Waals surface area contributed by atoms with E-state index in [0.29, 0.717) is 6.42 Å². The number of carbonyl (C=O) groups excluding carboxylic acids is 1. The van der Waals surface area contributed by atoms with Crippen LogP contribution in [0.2, 0.25) is 0 Å². The second-order valence-electron chi connectivity index (χ2n) is 5.14. The molecule has 3 unspecified atom stereocenters. The number of carboxylic acid groups (broad SMARTS) is 1. The van der Waals surface area contributed by atoms with Gasteiger partial charge < -0.3 is 15.7 Å². The van der Waals surface area contributed by atoms with Crippen molar-refractivity contribution in [1.29, 1.82) is 0 Å². The fraction of sp³-hybridized carbons (Fsp3) is 0.846. The van der Waals surface area contributed by atoms with Crippen LogP contribution in [-0.4, -0.2) is 35.1 Å². The van der Waals surface area contributed by atoms with Gasteiger partial charge in [0, 0.05) is 0 Å². The summed E-state index contributed by atoms with van der Waals surface area (Å²) in [6.45, 7) is 6.55. The predicted molar refractivity (Wildman–Crippen MR) is 69.3 cm³/mol. The second-order valence-corrected chi connectivity index (χ2v) is 5.14. The maximum absolute atomic E-state index is 12.3. The van der Waals surface area contributed by atoms with Crippen molar-refractivity contribution in [2.24, 2.45) is 5.92 Å². The summed E-state index contributed by atoms with van der Waals surface area (Å²) in [5, 5.41) is 15.1. The average molecular weight is 256 g/mol. The first kappa shape index (κ1) is 15.0. The molecule has 5 nitrogen and oxygen atoms in total. The van der Waals surface area contributed by atoms with Crippen molar-refractivity contribution in [3.63, 3.8) is 0 Å². The minimum atomic E-state index is -0.957. The smallest absolute Gasteiger partial charge is 0.326 e. The van der Waals surface area contributed by atoms with Crippen LogP contribution < -0.4 is 10.6 Å². The molecule has 0 aromatic rings.